The lowest BCUT2D eigenvalue weighted by molar-refractivity contribution is 0.508. The second-order valence-electron chi connectivity index (χ2n) is 3.22. The van der Waals surface area contributed by atoms with E-state index in [2.05, 4.69) is 10.2 Å². The van der Waals surface area contributed by atoms with Gasteiger partial charge in [-0.3, -0.25) is 0 Å². The molecule has 0 amide bonds. The third kappa shape index (κ3) is 2.16. The van der Waals surface area contributed by atoms with Gasteiger partial charge in [-0.15, -0.1) is 10.2 Å². The van der Waals surface area contributed by atoms with E-state index in [9.17, 15) is 0 Å². The molecule has 0 unspecified atom stereocenters. The van der Waals surface area contributed by atoms with Gasteiger partial charge in [-0.25, -0.2) is 0 Å². The van der Waals surface area contributed by atoms with Crippen LogP contribution in [0.2, 0.25) is 5.02 Å². The van der Waals surface area contributed by atoms with E-state index in [4.69, 9.17) is 21.8 Å². The lowest BCUT2D eigenvalue weighted by Crippen LogP contribution is -1.95. The maximum atomic E-state index is 5.93. The summed E-state index contributed by atoms with van der Waals surface area (Å²) in [4.78, 5) is 0. The molecule has 0 aliphatic carbocycles. The molecule has 0 saturated heterocycles. The maximum absolute atomic E-state index is 5.93. The van der Waals surface area contributed by atoms with Crippen LogP contribution in [0.5, 0.6) is 0 Å². The van der Waals surface area contributed by atoms with Gasteiger partial charge in [0, 0.05) is 10.6 Å². The summed E-state index contributed by atoms with van der Waals surface area (Å²) in [5, 5.41) is 8.32. The molecule has 0 aliphatic rings. The van der Waals surface area contributed by atoms with Gasteiger partial charge in [-0.05, 0) is 30.7 Å². The average Bonchev–Trinajstić information content (AvgIpc) is 2.64. The van der Waals surface area contributed by atoms with Crippen LogP contribution in [0.4, 0.5) is 0 Å². The van der Waals surface area contributed by atoms with Crippen molar-refractivity contribution in [3.8, 4) is 11.5 Å². The highest BCUT2D eigenvalue weighted by Gasteiger charge is 2.08. The molecule has 78 valence electrons. The smallest absolute Gasteiger partial charge is 0.247 e. The molecule has 0 fully saturated rings. The molecule has 0 radical (unpaired) electrons. The third-order valence-electron chi connectivity index (χ3n) is 1.93. The van der Waals surface area contributed by atoms with Gasteiger partial charge in [0.05, 0.1) is 6.54 Å². The van der Waals surface area contributed by atoms with E-state index in [1.54, 1.807) is 6.07 Å². The molecule has 4 nitrogen and oxygen atoms in total. The van der Waals surface area contributed by atoms with Crippen LogP contribution < -0.4 is 5.73 Å². The molecule has 15 heavy (non-hydrogen) atoms. The highest BCUT2D eigenvalue weighted by molar-refractivity contribution is 6.30. The Labute approximate surface area is 92.1 Å². The molecule has 0 aliphatic heterocycles. The van der Waals surface area contributed by atoms with Crippen molar-refractivity contribution < 1.29 is 4.42 Å². The number of rotatable bonds is 2. The van der Waals surface area contributed by atoms with Crippen molar-refractivity contribution >= 4 is 11.6 Å². The fraction of sp³-hybridized carbons (Fsp3) is 0.200. The zero-order chi connectivity index (χ0) is 10.8. The number of hydrogen-bond acceptors (Lipinski definition) is 4. The normalized spacial score (nSPS) is 10.6. The first-order valence-corrected chi connectivity index (χ1v) is 4.87. The molecule has 1 heterocycles. The Morgan fingerprint density at radius 3 is 2.73 bits per heavy atom. The first kappa shape index (κ1) is 10.1. The van der Waals surface area contributed by atoms with Gasteiger partial charge in [0.15, 0.2) is 0 Å². The third-order valence-corrected chi connectivity index (χ3v) is 2.15. The molecule has 1 aromatic heterocycles. The lowest BCUT2D eigenvalue weighted by Gasteiger charge is -1.98. The Kier molecular flexibility index (Phi) is 2.70. The zero-order valence-electron chi connectivity index (χ0n) is 8.20. The van der Waals surface area contributed by atoms with Gasteiger partial charge >= 0.3 is 0 Å². The monoisotopic (exact) mass is 223 g/mol. The summed E-state index contributed by atoms with van der Waals surface area (Å²) in [6, 6.07) is 5.58. The van der Waals surface area contributed by atoms with Crippen molar-refractivity contribution in [2.24, 2.45) is 5.73 Å². The molecule has 2 rings (SSSR count). The standard InChI is InChI=1S/C10H10ClN3O/c1-6-2-7(4-8(11)3-6)10-14-13-9(5-12)15-10/h2-4H,5,12H2,1H3. The first-order chi connectivity index (χ1) is 7.19. The minimum Gasteiger partial charge on any atom is -0.419 e. The molecule has 0 atom stereocenters. The molecular formula is C10H10ClN3O. The highest BCUT2D eigenvalue weighted by Crippen LogP contribution is 2.23. The van der Waals surface area contributed by atoms with E-state index in [0.29, 0.717) is 16.8 Å². The fourth-order valence-corrected chi connectivity index (χ4v) is 1.60. The van der Waals surface area contributed by atoms with Gasteiger partial charge in [0.25, 0.3) is 0 Å². The number of aryl methyl sites for hydroxylation is 1. The highest BCUT2D eigenvalue weighted by atomic mass is 35.5. The number of benzene rings is 1. The number of nitrogens with zero attached hydrogens (tertiary/aromatic N) is 2. The summed E-state index contributed by atoms with van der Waals surface area (Å²) < 4.78 is 5.32. The summed E-state index contributed by atoms with van der Waals surface area (Å²) in [7, 11) is 0. The quantitative estimate of drug-likeness (QED) is 0.847. The largest absolute Gasteiger partial charge is 0.419 e. The number of nitrogens with two attached hydrogens (primary N) is 1. The van der Waals surface area contributed by atoms with Crippen LogP contribution >= 0.6 is 11.6 Å². The van der Waals surface area contributed by atoms with E-state index >= 15 is 0 Å². The zero-order valence-corrected chi connectivity index (χ0v) is 8.95. The van der Waals surface area contributed by atoms with Crippen LogP contribution in [-0.4, -0.2) is 10.2 Å². The Hall–Kier alpha value is -1.39. The topological polar surface area (TPSA) is 64.9 Å². The number of halogens is 1. The molecule has 0 saturated carbocycles. The molecule has 2 aromatic rings. The van der Waals surface area contributed by atoms with Crippen LogP contribution in [0.1, 0.15) is 11.5 Å². The summed E-state index contributed by atoms with van der Waals surface area (Å²) in [6.07, 6.45) is 0. The van der Waals surface area contributed by atoms with E-state index in [1.165, 1.54) is 0 Å². The summed E-state index contributed by atoms with van der Waals surface area (Å²) in [5.41, 5.74) is 7.24. The van der Waals surface area contributed by atoms with Crippen molar-refractivity contribution in [2.45, 2.75) is 13.5 Å². The van der Waals surface area contributed by atoms with Crippen LogP contribution in [0, 0.1) is 6.92 Å². The Morgan fingerprint density at radius 1 is 1.33 bits per heavy atom. The Bertz CT molecular complexity index is 461. The minimum atomic E-state index is 0.243. The van der Waals surface area contributed by atoms with Gasteiger partial charge < -0.3 is 10.2 Å². The van der Waals surface area contributed by atoms with Crippen molar-refractivity contribution in [3.63, 3.8) is 0 Å². The van der Waals surface area contributed by atoms with Crippen LogP contribution in [0.25, 0.3) is 11.5 Å². The predicted molar refractivity (Wildman–Crippen MR) is 57.4 cm³/mol. The molecule has 0 spiro atoms. The maximum Gasteiger partial charge on any atom is 0.247 e. The molecule has 0 bridgehead atoms. The molecule has 1 aromatic carbocycles. The van der Waals surface area contributed by atoms with Gasteiger partial charge in [-0.2, -0.15) is 0 Å². The number of aromatic nitrogens is 2. The van der Waals surface area contributed by atoms with Gasteiger partial charge in [0.1, 0.15) is 0 Å². The first-order valence-electron chi connectivity index (χ1n) is 4.49. The van der Waals surface area contributed by atoms with Crippen molar-refractivity contribution in [1.29, 1.82) is 0 Å². The molecule has 5 heteroatoms. The van der Waals surface area contributed by atoms with E-state index in [-0.39, 0.29) is 6.54 Å². The lowest BCUT2D eigenvalue weighted by atomic mass is 10.1. The van der Waals surface area contributed by atoms with E-state index in [1.807, 2.05) is 19.1 Å². The van der Waals surface area contributed by atoms with Crippen molar-refractivity contribution in [1.82, 2.24) is 10.2 Å². The van der Waals surface area contributed by atoms with Gasteiger partial charge in [-0.1, -0.05) is 11.6 Å². The second-order valence-corrected chi connectivity index (χ2v) is 3.66. The minimum absolute atomic E-state index is 0.243. The molecular weight excluding hydrogens is 214 g/mol. The summed E-state index contributed by atoms with van der Waals surface area (Å²) in [6.45, 7) is 2.20. The summed E-state index contributed by atoms with van der Waals surface area (Å²) in [5.74, 6) is 0.865. The van der Waals surface area contributed by atoms with Crippen molar-refractivity contribution in [2.75, 3.05) is 0 Å². The summed E-state index contributed by atoms with van der Waals surface area (Å²) >= 11 is 5.93. The molecule has 2 N–H and O–H groups in total. The average molecular weight is 224 g/mol. The SMILES string of the molecule is Cc1cc(Cl)cc(-c2nnc(CN)o2)c1. The van der Waals surface area contributed by atoms with Gasteiger partial charge in [0.2, 0.25) is 11.8 Å². The fourth-order valence-electron chi connectivity index (χ4n) is 1.31. The Morgan fingerprint density at radius 2 is 2.13 bits per heavy atom. The predicted octanol–water partition coefficient (Wildman–Crippen LogP) is 2.16. The van der Waals surface area contributed by atoms with Crippen LogP contribution in [0.3, 0.4) is 0 Å². The van der Waals surface area contributed by atoms with E-state index in [0.717, 1.165) is 11.1 Å². The number of hydrogen-bond donors (Lipinski definition) is 1. The van der Waals surface area contributed by atoms with Crippen molar-refractivity contribution in [3.05, 3.63) is 34.7 Å². The van der Waals surface area contributed by atoms with Crippen LogP contribution in [0.15, 0.2) is 22.6 Å². The van der Waals surface area contributed by atoms with Crippen LogP contribution in [-0.2, 0) is 6.54 Å². The second kappa shape index (κ2) is 4.00. The van der Waals surface area contributed by atoms with E-state index < -0.39 is 0 Å². The Balaban J connectivity index is 2.44.